The van der Waals surface area contributed by atoms with E-state index in [2.05, 4.69) is 19.9 Å². The SMILES string of the molecule is CC(=O)O[C@@H]1CC[C@@]2(C)[C@@H](CC[C@@H]3[C@@H]2CC[C@]2(CC#N)[C@@H](C4(C)OCCO4)CC[C@@H]32)C1. The first kappa shape index (κ1) is 21.7. The Morgan fingerprint density at radius 2 is 1.81 bits per heavy atom. The summed E-state index contributed by atoms with van der Waals surface area (Å²) in [4.78, 5) is 11.5. The minimum Gasteiger partial charge on any atom is -0.463 e. The molecule has 4 aliphatic carbocycles. The largest absolute Gasteiger partial charge is 0.463 e. The number of rotatable bonds is 3. The smallest absolute Gasteiger partial charge is 0.302 e. The van der Waals surface area contributed by atoms with Crippen molar-refractivity contribution in [2.45, 2.75) is 96.9 Å². The highest BCUT2D eigenvalue weighted by molar-refractivity contribution is 5.66. The van der Waals surface area contributed by atoms with Gasteiger partial charge in [0.2, 0.25) is 0 Å². The third kappa shape index (κ3) is 3.27. The lowest BCUT2D eigenvalue weighted by Gasteiger charge is -2.61. The predicted octanol–water partition coefficient (Wildman–Crippen LogP) is 5.23. The molecular formula is C26H39NO4. The molecule has 0 amide bonds. The van der Waals surface area contributed by atoms with Gasteiger partial charge in [0.1, 0.15) is 6.10 Å². The summed E-state index contributed by atoms with van der Waals surface area (Å²) >= 11 is 0. The van der Waals surface area contributed by atoms with Gasteiger partial charge in [0.25, 0.3) is 0 Å². The van der Waals surface area contributed by atoms with Crippen molar-refractivity contribution >= 4 is 5.97 Å². The summed E-state index contributed by atoms with van der Waals surface area (Å²) in [5.74, 6) is 2.40. The van der Waals surface area contributed by atoms with Crippen molar-refractivity contribution in [3.05, 3.63) is 0 Å². The maximum absolute atomic E-state index is 11.5. The quantitative estimate of drug-likeness (QED) is 0.574. The molecule has 5 aliphatic rings. The topological polar surface area (TPSA) is 68.6 Å². The molecule has 31 heavy (non-hydrogen) atoms. The number of nitrogens with zero attached hydrogens (tertiary/aromatic N) is 1. The van der Waals surface area contributed by atoms with E-state index in [1.807, 2.05) is 0 Å². The van der Waals surface area contributed by atoms with Crippen molar-refractivity contribution < 1.29 is 19.0 Å². The van der Waals surface area contributed by atoms with Gasteiger partial charge in [-0.15, -0.1) is 0 Å². The van der Waals surface area contributed by atoms with Crippen LogP contribution in [0, 0.1) is 51.8 Å². The van der Waals surface area contributed by atoms with Gasteiger partial charge in [-0.05, 0) is 99.2 Å². The number of ether oxygens (including phenoxy) is 3. The van der Waals surface area contributed by atoms with Crippen LogP contribution in [-0.4, -0.2) is 31.1 Å². The van der Waals surface area contributed by atoms with Crippen LogP contribution in [0.15, 0.2) is 0 Å². The van der Waals surface area contributed by atoms with E-state index >= 15 is 0 Å². The number of carbonyl (C=O) groups is 1. The highest BCUT2D eigenvalue weighted by Gasteiger charge is 2.65. The molecule has 1 aliphatic heterocycles. The molecule has 5 nitrogen and oxygen atoms in total. The number of fused-ring (bicyclic) bond motifs is 5. The van der Waals surface area contributed by atoms with E-state index in [0.29, 0.717) is 48.7 Å². The average molecular weight is 430 g/mol. The Morgan fingerprint density at radius 3 is 2.52 bits per heavy atom. The van der Waals surface area contributed by atoms with E-state index in [1.165, 1.54) is 39.0 Å². The van der Waals surface area contributed by atoms with Gasteiger partial charge in [0.05, 0.1) is 19.3 Å². The van der Waals surface area contributed by atoms with Crippen molar-refractivity contribution in [1.29, 1.82) is 5.26 Å². The van der Waals surface area contributed by atoms with Crippen molar-refractivity contribution in [2.75, 3.05) is 13.2 Å². The fourth-order valence-corrected chi connectivity index (χ4v) is 9.38. The molecule has 5 heteroatoms. The van der Waals surface area contributed by atoms with Crippen molar-refractivity contribution in [1.82, 2.24) is 0 Å². The van der Waals surface area contributed by atoms with Crippen LogP contribution in [0.25, 0.3) is 0 Å². The summed E-state index contributed by atoms with van der Waals surface area (Å²) < 4.78 is 17.9. The van der Waals surface area contributed by atoms with Crippen LogP contribution in [0.3, 0.4) is 0 Å². The third-order valence-electron chi connectivity index (χ3n) is 10.6. The fourth-order valence-electron chi connectivity index (χ4n) is 9.38. The number of carbonyl (C=O) groups excluding carboxylic acids is 1. The van der Waals surface area contributed by atoms with Crippen LogP contribution in [0.1, 0.15) is 85.0 Å². The minimum absolute atomic E-state index is 0.0488. The maximum Gasteiger partial charge on any atom is 0.302 e. The first-order chi connectivity index (χ1) is 14.8. The zero-order chi connectivity index (χ0) is 21.9. The number of hydrogen-bond donors (Lipinski definition) is 0. The third-order valence-corrected chi connectivity index (χ3v) is 10.6. The molecule has 5 rings (SSSR count). The van der Waals surface area contributed by atoms with E-state index in [-0.39, 0.29) is 17.5 Å². The molecular weight excluding hydrogens is 390 g/mol. The zero-order valence-electron chi connectivity index (χ0n) is 19.5. The summed E-state index contributed by atoms with van der Waals surface area (Å²) in [6, 6.07) is 2.60. The maximum atomic E-state index is 11.5. The molecule has 0 aromatic heterocycles. The van der Waals surface area contributed by atoms with E-state index in [0.717, 1.165) is 31.6 Å². The Kier molecular flexibility index (Phi) is 5.42. The van der Waals surface area contributed by atoms with Gasteiger partial charge in [0.15, 0.2) is 5.79 Å². The van der Waals surface area contributed by atoms with Crippen LogP contribution < -0.4 is 0 Å². The van der Waals surface area contributed by atoms with E-state index < -0.39 is 5.79 Å². The van der Waals surface area contributed by atoms with Gasteiger partial charge >= 0.3 is 5.97 Å². The molecule has 0 unspecified atom stereocenters. The number of esters is 1. The summed E-state index contributed by atoms with van der Waals surface area (Å²) in [7, 11) is 0. The molecule has 0 N–H and O–H groups in total. The normalized spacial score (nSPS) is 48.2. The second kappa shape index (κ2) is 7.73. The molecule has 0 aromatic rings. The van der Waals surface area contributed by atoms with E-state index in [9.17, 15) is 10.1 Å². The average Bonchev–Trinajstić information content (AvgIpc) is 3.33. The molecule has 1 saturated heterocycles. The number of nitriles is 1. The van der Waals surface area contributed by atoms with Gasteiger partial charge < -0.3 is 14.2 Å². The number of hydrogen-bond acceptors (Lipinski definition) is 5. The van der Waals surface area contributed by atoms with Crippen LogP contribution in [-0.2, 0) is 19.0 Å². The fraction of sp³-hybridized carbons (Fsp3) is 0.923. The Morgan fingerprint density at radius 1 is 1.03 bits per heavy atom. The highest BCUT2D eigenvalue weighted by atomic mass is 16.7. The Labute approximate surface area is 187 Å². The Hall–Kier alpha value is -1.12. The minimum atomic E-state index is -0.512. The molecule has 0 spiro atoms. The summed E-state index contributed by atoms with van der Waals surface area (Å²) in [6.07, 6.45) is 11.2. The van der Waals surface area contributed by atoms with Crippen molar-refractivity contribution in [3.63, 3.8) is 0 Å². The van der Waals surface area contributed by atoms with E-state index in [4.69, 9.17) is 14.2 Å². The van der Waals surface area contributed by atoms with Gasteiger partial charge in [-0.1, -0.05) is 6.92 Å². The molecule has 8 atom stereocenters. The van der Waals surface area contributed by atoms with Crippen molar-refractivity contribution in [2.24, 2.45) is 40.4 Å². The lowest BCUT2D eigenvalue weighted by Crippen LogP contribution is -2.56. The molecule has 0 bridgehead atoms. The van der Waals surface area contributed by atoms with Crippen LogP contribution in [0.5, 0.6) is 0 Å². The second-order valence-corrected chi connectivity index (χ2v) is 11.6. The first-order valence-corrected chi connectivity index (χ1v) is 12.6. The molecule has 0 radical (unpaired) electrons. The van der Waals surface area contributed by atoms with Crippen molar-refractivity contribution in [3.8, 4) is 6.07 Å². The van der Waals surface area contributed by atoms with Crippen LogP contribution >= 0.6 is 0 Å². The monoisotopic (exact) mass is 429 g/mol. The summed E-state index contributed by atoms with van der Waals surface area (Å²) in [5.41, 5.74) is 0.397. The lowest BCUT2D eigenvalue weighted by molar-refractivity contribution is -0.221. The Balaban J connectivity index is 1.40. The highest BCUT2D eigenvalue weighted by Crippen LogP contribution is 2.70. The standard InChI is InChI=1S/C26H39NO4/c1-17(28)31-19-8-10-24(2)18(16-19)4-5-20-21(24)9-11-26(12-13-27)22(20)6-7-23(26)25(3)29-14-15-30-25/h18-23H,4-12,14-16H2,1-3H3/t18-,19+,20+,21-,22-,23+,24-,26+/m0/s1. The molecule has 5 fully saturated rings. The van der Waals surface area contributed by atoms with E-state index in [1.54, 1.807) is 0 Å². The first-order valence-electron chi connectivity index (χ1n) is 12.6. The summed E-state index contributed by atoms with van der Waals surface area (Å²) in [6.45, 7) is 7.56. The molecule has 1 heterocycles. The van der Waals surface area contributed by atoms with Gasteiger partial charge in [0, 0.05) is 19.3 Å². The van der Waals surface area contributed by atoms with Gasteiger partial charge in [-0.2, -0.15) is 5.26 Å². The zero-order valence-corrected chi connectivity index (χ0v) is 19.5. The Bertz CT molecular complexity index is 755. The van der Waals surface area contributed by atoms with Crippen LogP contribution in [0.4, 0.5) is 0 Å². The predicted molar refractivity (Wildman–Crippen MR) is 116 cm³/mol. The molecule has 172 valence electrons. The lowest BCUT2D eigenvalue weighted by atomic mass is 9.44. The van der Waals surface area contributed by atoms with Gasteiger partial charge in [-0.3, -0.25) is 4.79 Å². The van der Waals surface area contributed by atoms with Crippen LogP contribution in [0.2, 0.25) is 0 Å². The molecule has 4 saturated carbocycles. The van der Waals surface area contributed by atoms with Gasteiger partial charge in [-0.25, -0.2) is 0 Å². The summed E-state index contributed by atoms with van der Waals surface area (Å²) in [5, 5.41) is 9.87. The second-order valence-electron chi connectivity index (χ2n) is 11.6. The molecule has 0 aromatic carbocycles.